The van der Waals surface area contributed by atoms with Crippen molar-refractivity contribution in [3.63, 3.8) is 0 Å². The summed E-state index contributed by atoms with van der Waals surface area (Å²) >= 11 is 0. The summed E-state index contributed by atoms with van der Waals surface area (Å²) in [6, 6.07) is 6.99. The minimum atomic E-state index is -0.221. The van der Waals surface area contributed by atoms with Gasteiger partial charge in [-0.1, -0.05) is 6.07 Å². The summed E-state index contributed by atoms with van der Waals surface area (Å²) in [5.74, 6) is 1.15. The number of benzene rings is 1. The molecule has 1 aliphatic heterocycles. The highest BCUT2D eigenvalue weighted by atomic mass is 19.1. The van der Waals surface area contributed by atoms with Crippen LogP contribution in [0.1, 0.15) is 42.8 Å². The number of ether oxygens (including phenoxy) is 2. The molecule has 1 fully saturated rings. The van der Waals surface area contributed by atoms with Crippen LogP contribution in [0, 0.1) is 5.82 Å². The molecule has 1 aromatic carbocycles. The van der Waals surface area contributed by atoms with Crippen molar-refractivity contribution in [1.29, 1.82) is 0 Å². The predicted molar refractivity (Wildman–Crippen MR) is 112 cm³/mol. The van der Waals surface area contributed by atoms with Crippen LogP contribution < -0.4 is 10.6 Å². The monoisotopic (exact) mass is 400 g/mol. The topological polar surface area (TPSA) is 73.5 Å². The van der Waals surface area contributed by atoms with Gasteiger partial charge in [-0.25, -0.2) is 14.4 Å². The Balaban J connectivity index is 1.90. The van der Waals surface area contributed by atoms with Gasteiger partial charge in [-0.15, -0.1) is 0 Å². The summed E-state index contributed by atoms with van der Waals surface area (Å²) in [7, 11) is 1.68. The van der Waals surface area contributed by atoms with E-state index in [9.17, 15) is 4.39 Å². The van der Waals surface area contributed by atoms with E-state index in [1.807, 2.05) is 19.1 Å². The molecule has 2 N–H and O–H groups in total. The zero-order valence-corrected chi connectivity index (χ0v) is 17.1. The molecule has 0 spiro atoms. The lowest BCUT2D eigenvalue weighted by atomic mass is 9.96. The molecular weight excluding hydrogens is 371 g/mol. The van der Waals surface area contributed by atoms with Crippen molar-refractivity contribution in [3.05, 3.63) is 59.4 Å². The van der Waals surface area contributed by atoms with E-state index in [0.29, 0.717) is 25.6 Å². The van der Waals surface area contributed by atoms with Crippen molar-refractivity contribution in [1.82, 2.24) is 9.97 Å². The fourth-order valence-electron chi connectivity index (χ4n) is 3.74. The number of nitrogens with two attached hydrogens (primary N) is 1. The largest absolute Gasteiger partial charge is 0.404 e. The molecule has 0 radical (unpaired) electrons. The summed E-state index contributed by atoms with van der Waals surface area (Å²) in [5.41, 5.74) is 8.62. The number of hydrogen-bond donors (Lipinski definition) is 1. The molecule has 0 aliphatic carbocycles. The molecule has 0 bridgehead atoms. The molecule has 0 amide bonds. The van der Waals surface area contributed by atoms with Gasteiger partial charge in [-0.05, 0) is 55.5 Å². The molecule has 1 aromatic heterocycles. The number of nitrogens with zero attached hydrogens (tertiary/aromatic N) is 3. The first-order valence-corrected chi connectivity index (χ1v) is 10.0. The summed E-state index contributed by atoms with van der Waals surface area (Å²) in [4.78, 5) is 11.3. The number of aromatic nitrogens is 2. The Labute approximate surface area is 171 Å². The van der Waals surface area contributed by atoms with Gasteiger partial charge in [0.1, 0.15) is 11.6 Å². The van der Waals surface area contributed by atoms with E-state index in [1.54, 1.807) is 19.4 Å². The van der Waals surface area contributed by atoms with Gasteiger partial charge in [-0.2, -0.15) is 0 Å². The van der Waals surface area contributed by atoms with Gasteiger partial charge >= 0.3 is 0 Å². The maximum Gasteiger partial charge on any atom is 0.161 e. The summed E-state index contributed by atoms with van der Waals surface area (Å²) in [5, 5.41) is 0. The first-order valence-electron chi connectivity index (χ1n) is 10.0. The number of halogens is 1. The second-order valence-electron chi connectivity index (χ2n) is 7.00. The molecule has 1 saturated heterocycles. The standard InChI is InChI=1S/C22H29FN4O2/c1-3-29-15-17(14-24)22-25-10-8-21(26-22)27-11-4-5-20(27)19-13-18(23)7-6-16(19)9-12-28-2/h6-8,10,13-14,20H,3-5,9,11-12,15,24H2,1-2H3/t20-/m1/s1. The van der Waals surface area contributed by atoms with Crippen LogP contribution in [0.3, 0.4) is 0 Å². The van der Waals surface area contributed by atoms with Crippen molar-refractivity contribution in [2.24, 2.45) is 5.73 Å². The van der Waals surface area contributed by atoms with Crippen molar-refractivity contribution < 1.29 is 13.9 Å². The van der Waals surface area contributed by atoms with Crippen LogP contribution in [0.4, 0.5) is 10.2 Å². The molecule has 156 valence electrons. The lowest BCUT2D eigenvalue weighted by molar-refractivity contribution is 0.182. The lowest BCUT2D eigenvalue weighted by Gasteiger charge is -2.28. The summed E-state index contributed by atoms with van der Waals surface area (Å²) in [6.45, 7) is 4.35. The Morgan fingerprint density at radius 1 is 1.38 bits per heavy atom. The van der Waals surface area contributed by atoms with Crippen molar-refractivity contribution >= 4 is 11.4 Å². The number of methoxy groups -OCH3 is 1. The van der Waals surface area contributed by atoms with E-state index in [2.05, 4.69) is 9.88 Å². The molecule has 7 heteroatoms. The zero-order chi connectivity index (χ0) is 20.6. The summed E-state index contributed by atoms with van der Waals surface area (Å²) in [6.07, 6.45) is 5.94. The van der Waals surface area contributed by atoms with Gasteiger partial charge in [0, 0.05) is 38.2 Å². The van der Waals surface area contributed by atoms with E-state index < -0.39 is 0 Å². The normalized spacial score (nSPS) is 17.1. The number of hydrogen-bond acceptors (Lipinski definition) is 6. The van der Waals surface area contributed by atoms with Crippen molar-refractivity contribution in [2.45, 2.75) is 32.2 Å². The SMILES string of the molecule is CCOCC(=CN)c1nccc(N2CCC[C@@H]2c2cc(F)ccc2CCOC)n1. The van der Waals surface area contributed by atoms with Crippen LogP contribution in [0.2, 0.25) is 0 Å². The molecule has 3 rings (SSSR count). The van der Waals surface area contributed by atoms with Gasteiger partial charge in [0.15, 0.2) is 5.82 Å². The van der Waals surface area contributed by atoms with Gasteiger partial charge in [0.25, 0.3) is 0 Å². The van der Waals surface area contributed by atoms with Crippen LogP contribution in [-0.2, 0) is 15.9 Å². The molecule has 6 nitrogen and oxygen atoms in total. The third kappa shape index (κ3) is 5.10. The molecular formula is C22H29FN4O2. The Morgan fingerprint density at radius 2 is 2.24 bits per heavy atom. The summed E-state index contributed by atoms with van der Waals surface area (Å²) < 4.78 is 24.8. The third-order valence-electron chi connectivity index (χ3n) is 5.18. The Kier molecular flexibility index (Phi) is 7.55. The molecule has 2 heterocycles. The fraction of sp³-hybridized carbons (Fsp3) is 0.455. The second kappa shape index (κ2) is 10.3. The second-order valence-corrected chi connectivity index (χ2v) is 7.00. The molecule has 0 unspecified atom stereocenters. The van der Waals surface area contributed by atoms with Crippen molar-refractivity contribution in [3.8, 4) is 0 Å². The number of anilines is 1. The van der Waals surface area contributed by atoms with E-state index in [0.717, 1.165) is 48.3 Å². The smallest absolute Gasteiger partial charge is 0.161 e. The van der Waals surface area contributed by atoms with Crippen LogP contribution >= 0.6 is 0 Å². The number of rotatable bonds is 9. The maximum absolute atomic E-state index is 14.1. The highest BCUT2D eigenvalue weighted by Gasteiger charge is 2.29. The highest BCUT2D eigenvalue weighted by Crippen LogP contribution is 2.37. The Hall–Kier alpha value is -2.51. The molecule has 29 heavy (non-hydrogen) atoms. The van der Waals surface area contributed by atoms with Gasteiger partial charge in [0.2, 0.25) is 0 Å². The first-order chi connectivity index (χ1) is 14.2. The van der Waals surface area contributed by atoms with Crippen LogP contribution in [0.5, 0.6) is 0 Å². The van der Waals surface area contributed by atoms with Crippen LogP contribution in [-0.4, -0.2) is 43.4 Å². The molecule has 1 aliphatic rings. The average molecular weight is 400 g/mol. The Bertz CT molecular complexity index is 843. The molecule has 1 atom stereocenters. The molecule has 2 aromatic rings. The van der Waals surface area contributed by atoms with Crippen LogP contribution in [0.25, 0.3) is 5.57 Å². The lowest BCUT2D eigenvalue weighted by Crippen LogP contribution is -2.25. The quantitative estimate of drug-likeness (QED) is 0.695. The predicted octanol–water partition coefficient (Wildman–Crippen LogP) is 3.48. The maximum atomic E-state index is 14.1. The minimum Gasteiger partial charge on any atom is -0.404 e. The fourth-order valence-corrected chi connectivity index (χ4v) is 3.74. The van der Waals surface area contributed by atoms with E-state index in [-0.39, 0.29) is 11.9 Å². The van der Waals surface area contributed by atoms with Gasteiger partial charge in [0.05, 0.1) is 19.3 Å². The third-order valence-corrected chi connectivity index (χ3v) is 5.18. The minimum absolute atomic E-state index is 0.0671. The van der Waals surface area contributed by atoms with Gasteiger partial charge < -0.3 is 20.1 Å². The van der Waals surface area contributed by atoms with Gasteiger partial charge in [-0.3, -0.25) is 0 Å². The van der Waals surface area contributed by atoms with E-state index in [1.165, 1.54) is 12.3 Å². The molecule has 0 saturated carbocycles. The average Bonchev–Trinajstić information content (AvgIpc) is 3.23. The highest BCUT2D eigenvalue weighted by molar-refractivity contribution is 5.61. The first kappa shape index (κ1) is 21.2. The Morgan fingerprint density at radius 3 is 3.00 bits per heavy atom. The zero-order valence-electron chi connectivity index (χ0n) is 17.1. The van der Waals surface area contributed by atoms with E-state index >= 15 is 0 Å². The van der Waals surface area contributed by atoms with E-state index in [4.69, 9.17) is 20.2 Å². The van der Waals surface area contributed by atoms with Crippen molar-refractivity contribution in [2.75, 3.05) is 38.4 Å². The van der Waals surface area contributed by atoms with Crippen LogP contribution in [0.15, 0.2) is 36.7 Å².